The van der Waals surface area contributed by atoms with Gasteiger partial charge in [0.15, 0.2) is 11.5 Å². The highest BCUT2D eigenvalue weighted by molar-refractivity contribution is 6.08. The number of fused-ring (bicyclic) bond motifs is 1. The lowest BCUT2D eigenvalue weighted by Gasteiger charge is -2.13. The van der Waals surface area contributed by atoms with Crippen molar-refractivity contribution in [3.63, 3.8) is 0 Å². The van der Waals surface area contributed by atoms with Crippen LogP contribution in [0.25, 0.3) is 10.9 Å². The molecule has 102 valence electrons. The Labute approximate surface area is 108 Å². The Hall–Kier alpha value is -2.57. The standard InChI is InChI=1S/C12H14N2O5/c1-17-6-4-5-7(11(19-3)10(6)18-2)8(13)9(14-5)12(15)16/h4,14H,13H2,1-3H3,(H,15,16)/p-1. The minimum Gasteiger partial charge on any atom is -0.543 e. The highest BCUT2D eigenvalue weighted by atomic mass is 16.5. The van der Waals surface area contributed by atoms with Crippen LogP contribution in [-0.4, -0.2) is 32.3 Å². The van der Waals surface area contributed by atoms with Crippen LogP contribution in [0.15, 0.2) is 6.07 Å². The molecule has 0 radical (unpaired) electrons. The molecule has 1 aromatic carbocycles. The fourth-order valence-corrected chi connectivity index (χ4v) is 2.01. The molecule has 19 heavy (non-hydrogen) atoms. The Morgan fingerprint density at radius 1 is 1.21 bits per heavy atom. The van der Waals surface area contributed by atoms with E-state index in [2.05, 4.69) is 4.98 Å². The molecule has 0 atom stereocenters. The highest BCUT2D eigenvalue weighted by Crippen LogP contribution is 2.46. The molecule has 1 heterocycles. The number of carbonyl (C=O) groups excluding carboxylic acids is 1. The van der Waals surface area contributed by atoms with E-state index in [0.717, 1.165) is 0 Å². The number of ether oxygens (including phenoxy) is 3. The predicted molar refractivity (Wildman–Crippen MR) is 66.7 cm³/mol. The van der Waals surface area contributed by atoms with Crippen LogP contribution in [-0.2, 0) is 0 Å². The molecule has 0 fully saturated rings. The van der Waals surface area contributed by atoms with Gasteiger partial charge in [-0.2, -0.15) is 0 Å². The molecule has 0 spiro atoms. The Morgan fingerprint density at radius 3 is 2.32 bits per heavy atom. The molecule has 2 aromatic rings. The van der Waals surface area contributed by atoms with E-state index in [0.29, 0.717) is 28.2 Å². The molecule has 7 heteroatoms. The first-order chi connectivity index (χ1) is 9.04. The molecule has 0 amide bonds. The van der Waals surface area contributed by atoms with Gasteiger partial charge in [0, 0.05) is 6.07 Å². The van der Waals surface area contributed by atoms with Gasteiger partial charge in [-0.3, -0.25) is 0 Å². The number of nitrogens with two attached hydrogens (primary N) is 1. The van der Waals surface area contributed by atoms with Gasteiger partial charge < -0.3 is 34.8 Å². The second-order valence-corrected chi connectivity index (χ2v) is 3.77. The molecule has 3 N–H and O–H groups in total. The zero-order valence-corrected chi connectivity index (χ0v) is 10.7. The van der Waals surface area contributed by atoms with Crippen LogP contribution in [0, 0.1) is 0 Å². The van der Waals surface area contributed by atoms with Crippen molar-refractivity contribution < 1.29 is 24.1 Å². The molecule has 0 saturated heterocycles. The van der Waals surface area contributed by atoms with E-state index in [1.54, 1.807) is 6.07 Å². The van der Waals surface area contributed by atoms with Crippen LogP contribution in [0.5, 0.6) is 17.2 Å². The van der Waals surface area contributed by atoms with Crippen molar-refractivity contribution in [2.45, 2.75) is 0 Å². The summed E-state index contributed by atoms with van der Waals surface area (Å²) < 4.78 is 15.6. The topological polar surface area (TPSA) is 110 Å². The summed E-state index contributed by atoms with van der Waals surface area (Å²) in [5.41, 5.74) is 6.10. The molecule has 0 aliphatic carbocycles. The molecular formula is C12H13N2O5-. The number of aromatic carboxylic acids is 1. The number of benzene rings is 1. The lowest BCUT2D eigenvalue weighted by Crippen LogP contribution is -2.23. The Kier molecular flexibility index (Phi) is 3.12. The van der Waals surface area contributed by atoms with Gasteiger partial charge in [0.25, 0.3) is 0 Å². The first-order valence-corrected chi connectivity index (χ1v) is 5.36. The smallest absolute Gasteiger partial charge is 0.204 e. The largest absolute Gasteiger partial charge is 0.543 e. The van der Waals surface area contributed by atoms with Crippen molar-refractivity contribution in [3.05, 3.63) is 11.8 Å². The third-order valence-electron chi connectivity index (χ3n) is 2.83. The second kappa shape index (κ2) is 4.60. The molecule has 1 aromatic heterocycles. The number of hydrogen-bond donors (Lipinski definition) is 2. The van der Waals surface area contributed by atoms with E-state index in [4.69, 9.17) is 19.9 Å². The van der Waals surface area contributed by atoms with Gasteiger partial charge >= 0.3 is 0 Å². The van der Waals surface area contributed by atoms with Crippen LogP contribution in [0.4, 0.5) is 5.69 Å². The molecule has 7 nitrogen and oxygen atoms in total. The van der Waals surface area contributed by atoms with Crippen molar-refractivity contribution in [2.24, 2.45) is 0 Å². The third-order valence-corrected chi connectivity index (χ3v) is 2.83. The maximum absolute atomic E-state index is 11.0. The van der Waals surface area contributed by atoms with Crippen LogP contribution < -0.4 is 25.1 Å². The van der Waals surface area contributed by atoms with Crippen LogP contribution in [0.2, 0.25) is 0 Å². The highest BCUT2D eigenvalue weighted by Gasteiger charge is 2.21. The number of aromatic nitrogens is 1. The van der Waals surface area contributed by atoms with Gasteiger partial charge in [0.1, 0.15) is 0 Å². The summed E-state index contributed by atoms with van der Waals surface area (Å²) in [5.74, 6) is -0.349. The number of rotatable bonds is 4. The number of carbonyl (C=O) groups is 1. The SMILES string of the molecule is COc1cc2[nH]c(C(=O)[O-])c(N)c2c(OC)c1OC. The summed E-state index contributed by atoms with van der Waals surface area (Å²) in [7, 11) is 4.35. The van der Waals surface area contributed by atoms with Crippen molar-refractivity contribution >= 4 is 22.6 Å². The molecule has 0 bridgehead atoms. The fourth-order valence-electron chi connectivity index (χ4n) is 2.01. The van der Waals surface area contributed by atoms with E-state index < -0.39 is 5.97 Å². The molecule has 0 aliphatic heterocycles. The van der Waals surface area contributed by atoms with Crippen molar-refractivity contribution in [3.8, 4) is 17.2 Å². The number of hydrogen-bond acceptors (Lipinski definition) is 6. The Morgan fingerprint density at radius 2 is 1.84 bits per heavy atom. The summed E-state index contributed by atoms with van der Waals surface area (Å²) in [6.07, 6.45) is 0. The zero-order valence-electron chi connectivity index (χ0n) is 10.7. The number of carboxylic acids is 1. The van der Waals surface area contributed by atoms with Crippen LogP contribution >= 0.6 is 0 Å². The van der Waals surface area contributed by atoms with Gasteiger partial charge in [-0.05, 0) is 0 Å². The van der Waals surface area contributed by atoms with E-state index in [1.807, 2.05) is 0 Å². The number of carboxylic acid groups (broad SMARTS) is 1. The molecule has 0 aliphatic rings. The van der Waals surface area contributed by atoms with Gasteiger partial charge in [0.2, 0.25) is 5.75 Å². The number of aromatic amines is 1. The molecule has 0 unspecified atom stereocenters. The van der Waals surface area contributed by atoms with E-state index in [9.17, 15) is 9.90 Å². The first-order valence-electron chi connectivity index (χ1n) is 5.36. The third kappa shape index (κ3) is 1.79. The fraction of sp³-hybridized carbons (Fsp3) is 0.250. The van der Waals surface area contributed by atoms with Crippen LogP contribution in [0.1, 0.15) is 10.5 Å². The minimum atomic E-state index is -1.39. The number of nitrogen functional groups attached to an aromatic ring is 1. The summed E-state index contributed by atoms with van der Waals surface area (Å²) in [5, 5.41) is 11.4. The van der Waals surface area contributed by atoms with Gasteiger partial charge in [0.05, 0.1) is 49.6 Å². The summed E-state index contributed by atoms with van der Waals surface area (Å²) in [4.78, 5) is 13.6. The Bertz CT molecular complexity index is 647. The lowest BCUT2D eigenvalue weighted by molar-refractivity contribution is -0.255. The minimum absolute atomic E-state index is 0.0350. The van der Waals surface area contributed by atoms with E-state index in [-0.39, 0.29) is 11.4 Å². The Balaban J connectivity index is 2.90. The van der Waals surface area contributed by atoms with Crippen molar-refractivity contribution in [1.82, 2.24) is 4.98 Å². The van der Waals surface area contributed by atoms with Crippen molar-refractivity contribution in [2.75, 3.05) is 27.1 Å². The average Bonchev–Trinajstić information content (AvgIpc) is 2.73. The monoisotopic (exact) mass is 265 g/mol. The van der Waals surface area contributed by atoms with Gasteiger partial charge in [-0.25, -0.2) is 0 Å². The zero-order chi connectivity index (χ0) is 14.2. The summed E-state index contributed by atoms with van der Waals surface area (Å²) in [6.45, 7) is 0. The number of methoxy groups -OCH3 is 3. The van der Waals surface area contributed by atoms with E-state index in [1.165, 1.54) is 21.3 Å². The van der Waals surface area contributed by atoms with Gasteiger partial charge in [-0.15, -0.1) is 0 Å². The quantitative estimate of drug-likeness (QED) is 0.813. The number of anilines is 1. The van der Waals surface area contributed by atoms with Crippen molar-refractivity contribution in [1.29, 1.82) is 0 Å². The molecule has 0 saturated carbocycles. The molecule has 2 rings (SSSR count). The first kappa shape index (κ1) is 12.9. The van der Waals surface area contributed by atoms with Crippen LogP contribution in [0.3, 0.4) is 0 Å². The lowest BCUT2D eigenvalue weighted by atomic mass is 10.1. The second-order valence-electron chi connectivity index (χ2n) is 3.77. The maximum atomic E-state index is 11.0. The summed E-state index contributed by atoms with van der Waals surface area (Å²) >= 11 is 0. The molecular weight excluding hydrogens is 252 g/mol. The maximum Gasteiger partial charge on any atom is 0.204 e. The normalized spacial score (nSPS) is 10.5. The predicted octanol–water partition coefficient (Wildman–Crippen LogP) is 0.139. The average molecular weight is 265 g/mol. The number of nitrogens with one attached hydrogen (secondary N) is 1. The van der Waals surface area contributed by atoms with Gasteiger partial charge in [-0.1, -0.05) is 0 Å². The number of H-pyrrole nitrogens is 1. The van der Waals surface area contributed by atoms with E-state index >= 15 is 0 Å². The summed E-state index contributed by atoms with van der Waals surface area (Å²) in [6, 6.07) is 1.58.